The van der Waals surface area contributed by atoms with Crippen molar-refractivity contribution in [3.05, 3.63) is 0 Å². The summed E-state index contributed by atoms with van der Waals surface area (Å²) in [6.45, 7) is 1.04. The molecule has 9 heteroatoms. The second-order valence-corrected chi connectivity index (χ2v) is 6.63. The van der Waals surface area contributed by atoms with Crippen molar-refractivity contribution in [2.75, 3.05) is 46.0 Å². The van der Waals surface area contributed by atoms with Crippen molar-refractivity contribution in [3.8, 4) is 0 Å². The van der Waals surface area contributed by atoms with Crippen LogP contribution in [0.5, 0.6) is 0 Å². The SMILES string of the molecule is CN=C(NCCCN(C)CC(F)(F)F)NCC1CCCS1.I. The fourth-order valence-electron chi connectivity index (χ4n) is 2.18. The lowest BCUT2D eigenvalue weighted by Crippen LogP contribution is -2.41. The molecule has 0 radical (unpaired) electrons. The monoisotopic (exact) mass is 454 g/mol. The Morgan fingerprint density at radius 1 is 1.36 bits per heavy atom. The zero-order valence-electron chi connectivity index (χ0n) is 13.1. The predicted octanol–water partition coefficient (Wildman–Crippen LogP) is 2.55. The summed E-state index contributed by atoms with van der Waals surface area (Å²) in [5.74, 6) is 1.95. The minimum absolute atomic E-state index is 0. The second-order valence-electron chi connectivity index (χ2n) is 5.22. The van der Waals surface area contributed by atoms with Crippen molar-refractivity contribution in [1.29, 1.82) is 0 Å². The summed E-state index contributed by atoms with van der Waals surface area (Å²) in [7, 11) is 3.19. The van der Waals surface area contributed by atoms with Gasteiger partial charge in [0.25, 0.3) is 0 Å². The molecule has 1 rings (SSSR count). The third-order valence-electron chi connectivity index (χ3n) is 3.20. The minimum atomic E-state index is -4.13. The smallest absolute Gasteiger partial charge is 0.356 e. The van der Waals surface area contributed by atoms with Gasteiger partial charge in [-0.1, -0.05) is 0 Å². The summed E-state index contributed by atoms with van der Waals surface area (Å²) in [5.41, 5.74) is 0. The number of guanidine groups is 1. The number of rotatable bonds is 7. The van der Waals surface area contributed by atoms with Gasteiger partial charge in [-0.3, -0.25) is 9.89 Å². The first-order chi connectivity index (χ1) is 9.90. The molecule has 1 saturated heterocycles. The second kappa shape index (κ2) is 11.6. The molecule has 1 atom stereocenters. The molecule has 0 bridgehead atoms. The van der Waals surface area contributed by atoms with Crippen LogP contribution in [0.3, 0.4) is 0 Å². The van der Waals surface area contributed by atoms with E-state index < -0.39 is 12.7 Å². The van der Waals surface area contributed by atoms with Crippen LogP contribution >= 0.6 is 35.7 Å². The van der Waals surface area contributed by atoms with Gasteiger partial charge in [-0.05, 0) is 38.6 Å². The summed E-state index contributed by atoms with van der Waals surface area (Å²) in [4.78, 5) is 5.40. The van der Waals surface area contributed by atoms with Gasteiger partial charge in [0.05, 0.1) is 6.54 Å². The maximum absolute atomic E-state index is 12.2. The van der Waals surface area contributed by atoms with E-state index in [0.29, 0.717) is 24.8 Å². The van der Waals surface area contributed by atoms with Crippen molar-refractivity contribution < 1.29 is 13.2 Å². The van der Waals surface area contributed by atoms with Crippen molar-refractivity contribution in [2.24, 2.45) is 4.99 Å². The molecule has 1 aliphatic rings. The standard InChI is InChI=1S/C13H25F3N4S.HI/c1-17-12(19-9-11-5-3-8-21-11)18-6-4-7-20(2)10-13(14,15)16;/h11H,3-10H2,1-2H3,(H2,17,18,19);1H. The number of nitrogens with zero attached hydrogens (tertiary/aromatic N) is 2. The highest BCUT2D eigenvalue weighted by molar-refractivity contribution is 14.0. The molecule has 0 aliphatic carbocycles. The number of halogens is 4. The summed E-state index contributed by atoms with van der Waals surface area (Å²) >= 11 is 1.97. The number of aliphatic imine (C=N–C) groups is 1. The molecule has 1 unspecified atom stereocenters. The molecule has 22 heavy (non-hydrogen) atoms. The van der Waals surface area contributed by atoms with E-state index in [2.05, 4.69) is 15.6 Å². The Bertz CT molecular complexity index is 323. The molecule has 132 valence electrons. The van der Waals surface area contributed by atoms with E-state index >= 15 is 0 Å². The predicted molar refractivity (Wildman–Crippen MR) is 98.4 cm³/mol. The zero-order chi connectivity index (χ0) is 15.7. The van der Waals surface area contributed by atoms with Gasteiger partial charge in [0.1, 0.15) is 0 Å². The largest absolute Gasteiger partial charge is 0.401 e. The molecule has 1 heterocycles. The third kappa shape index (κ3) is 10.8. The van der Waals surface area contributed by atoms with Crippen LogP contribution in [0.15, 0.2) is 4.99 Å². The molecule has 1 fully saturated rings. The number of hydrogen-bond donors (Lipinski definition) is 2. The van der Waals surface area contributed by atoms with Gasteiger partial charge in [-0.15, -0.1) is 24.0 Å². The van der Waals surface area contributed by atoms with Crippen LogP contribution in [0.1, 0.15) is 19.3 Å². The fourth-order valence-corrected chi connectivity index (χ4v) is 3.38. The van der Waals surface area contributed by atoms with Crippen LogP contribution in [-0.4, -0.2) is 68.3 Å². The van der Waals surface area contributed by atoms with Gasteiger partial charge in [0.15, 0.2) is 5.96 Å². The summed E-state index contributed by atoms with van der Waals surface area (Å²) in [6.07, 6.45) is -0.977. The Morgan fingerprint density at radius 2 is 2.09 bits per heavy atom. The van der Waals surface area contributed by atoms with Crippen LogP contribution < -0.4 is 10.6 Å². The molecule has 0 amide bonds. The Morgan fingerprint density at radius 3 is 2.64 bits per heavy atom. The average molecular weight is 454 g/mol. The van der Waals surface area contributed by atoms with Crippen molar-refractivity contribution in [2.45, 2.75) is 30.7 Å². The Labute approximate surface area is 152 Å². The quantitative estimate of drug-likeness (QED) is 0.269. The highest BCUT2D eigenvalue weighted by atomic mass is 127. The zero-order valence-corrected chi connectivity index (χ0v) is 16.2. The Balaban J connectivity index is 0.00000441. The maximum atomic E-state index is 12.2. The van der Waals surface area contributed by atoms with Gasteiger partial charge >= 0.3 is 6.18 Å². The van der Waals surface area contributed by atoms with Crippen LogP contribution in [0.25, 0.3) is 0 Å². The van der Waals surface area contributed by atoms with E-state index in [0.717, 1.165) is 12.5 Å². The summed E-state index contributed by atoms with van der Waals surface area (Å²) in [5, 5.41) is 7.04. The maximum Gasteiger partial charge on any atom is 0.401 e. The van der Waals surface area contributed by atoms with Crippen LogP contribution in [0, 0.1) is 0 Å². The van der Waals surface area contributed by atoms with Gasteiger partial charge in [-0.2, -0.15) is 24.9 Å². The fraction of sp³-hybridized carbons (Fsp3) is 0.923. The molecule has 1 aliphatic heterocycles. The van der Waals surface area contributed by atoms with Crippen LogP contribution in [0.4, 0.5) is 13.2 Å². The van der Waals surface area contributed by atoms with Gasteiger partial charge in [0, 0.05) is 25.4 Å². The van der Waals surface area contributed by atoms with E-state index in [1.54, 1.807) is 7.05 Å². The molecule has 4 nitrogen and oxygen atoms in total. The van der Waals surface area contributed by atoms with E-state index in [4.69, 9.17) is 0 Å². The first kappa shape index (κ1) is 22.1. The van der Waals surface area contributed by atoms with Gasteiger partial charge in [0.2, 0.25) is 0 Å². The third-order valence-corrected chi connectivity index (χ3v) is 4.60. The van der Waals surface area contributed by atoms with Crippen LogP contribution in [-0.2, 0) is 0 Å². The summed E-state index contributed by atoms with van der Waals surface area (Å²) in [6, 6.07) is 0. The lowest BCUT2D eigenvalue weighted by atomic mass is 10.2. The van der Waals surface area contributed by atoms with Gasteiger partial charge in [-0.25, -0.2) is 0 Å². The lowest BCUT2D eigenvalue weighted by molar-refractivity contribution is -0.143. The first-order valence-corrected chi connectivity index (χ1v) is 8.27. The Hall–Kier alpha value is 0.1000. The minimum Gasteiger partial charge on any atom is -0.356 e. The molecule has 0 aromatic rings. The Kier molecular flexibility index (Phi) is 11.7. The molecule has 0 aromatic carbocycles. The van der Waals surface area contributed by atoms with E-state index in [9.17, 15) is 13.2 Å². The first-order valence-electron chi connectivity index (χ1n) is 7.22. The molecule has 0 spiro atoms. The average Bonchev–Trinajstić information content (AvgIpc) is 2.89. The summed E-state index contributed by atoms with van der Waals surface area (Å²) < 4.78 is 36.5. The van der Waals surface area contributed by atoms with Crippen molar-refractivity contribution >= 4 is 41.7 Å². The molecule has 2 N–H and O–H groups in total. The molecule has 0 saturated carbocycles. The molecular weight excluding hydrogens is 428 g/mol. The lowest BCUT2D eigenvalue weighted by Gasteiger charge is -2.19. The molecule has 0 aromatic heterocycles. The number of hydrogen-bond acceptors (Lipinski definition) is 3. The normalized spacial score (nSPS) is 19.2. The van der Waals surface area contributed by atoms with Crippen molar-refractivity contribution in [1.82, 2.24) is 15.5 Å². The van der Waals surface area contributed by atoms with Gasteiger partial charge < -0.3 is 10.6 Å². The topological polar surface area (TPSA) is 39.7 Å². The highest BCUT2D eigenvalue weighted by Crippen LogP contribution is 2.25. The van der Waals surface area contributed by atoms with E-state index in [1.807, 2.05) is 11.8 Å². The molecular formula is C13H26F3IN4S. The van der Waals surface area contributed by atoms with Crippen LogP contribution in [0.2, 0.25) is 0 Å². The van der Waals surface area contributed by atoms with E-state index in [1.165, 1.54) is 30.5 Å². The highest BCUT2D eigenvalue weighted by Gasteiger charge is 2.28. The van der Waals surface area contributed by atoms with E-state index in [-0.39, 0.29) is 24.0 Å². The number of nitrogens with one attached hydrogen (secondary N) is 2. The van der Waals surface area contributed by atoms with Crippen molar-refractivity contribution in [3.63, 3.8) is 0 Å². The number of thioether (sulfide) groups is 1. The number of alkyl halides is 3.